The lowest BCUT2D eigenvalue weighted by Crippen LogP contribution is -2.36. The molecule has 1 fully saturated rings. The first-order valence-electron chi connectivity index (χ1n) is 9.75. The van der Waals surface area contributed by atoms with Crippen molar-refractivity contribution in [3.05, 3.63) is 57.2 Å². The average Bonchev–Trinajstić information content (AvgIpc) is 3.31. The topological polar surface area (TPSA) is 65.4 Å². The summed E-state index contributed by atoms with van der Waals surface area (Å²) in [7, 11) is 0. The van der Waals surface area contributed by atoms with E-state index in [0.29, 0.717) is 6.54 Å². The van der Waals surface area contributed by atoms with Gasteiger partial charge in [-0.3, -0.25) is 14.7 Å². The van der Waals surface area contributed by atoms with Gasteiger partial charge >= 0.3 is 0 Å². The molecule has 0 aliphatic carbocycles. The summed E-state index contributed by atoms with van der Waals surface area (Å²) in [4.78, 5) is 25.0. The van der Waals surface area contributed by atoms with Crippen LogP contribution in [-0.2, 0) is 19.5 Å². The van der Waals surface area contributed by atoms with E-state index >= 15 is 0 Å². The number of nitrogens with one attached hydrogen (secondary N) is 1. The van der Waals surface area contributed by atoms with Gasteiger partial charge in [0.2, 0.25) is 5.95 Å². The molecule has 0 spiro atoms. The van der Waals surface area contributed by atoms with E-state index in [1.165, 1.54) is 18.4 Å². The third-order valence-corrected chi connectivity index (χ3v) is 5.82. The number of aromatic nitrogens is 2. The molecule has 0 saturated carbocycles. The molecule has 2 aliphatic heterocycles. The van der Waals surface area contributed by atoms with Crippen molar-refractivity contribution in [1.29, 1.82) is 0 Å². The van der Waals surface area contributed by atoms with E-state index < -0.39 is 0 Å². The Kier molecular flexibility index (Phi) is 4.01. The number of fused-ring (bicyclic) bond motifs is 2. The standard InChI is InChI=1S/C21H24N4O2/c1-14-16(15-6-2-3-7-19(15)27-14)12-24-11-8-18-17(13-24)20(26)23-21(22-18)25-9-4-5-10-25/h2-3,6-7H,4-5,8-13H2,1H3,(H,22,23,26). The van der Waals surface area contributed by atoms with Gasteiger partial charge in [-0.2, -0.15) is 0 Å². The van der Waals surface area contributed by atoms with Crippen LogP contribution in [0.5, 0.6) is 0 Å². The summed E-state index contributed by atoms with van der Waals surface area (Å²) in [6.45, 7) is 6.32. The Labute approximate surface area is 157 Å². The maximum absolute atomic E-state index is 12.7. The van der Waals surface area contributed by atoms with Gasteiger partial charge in [-0.15, -0.1) is 0 Å². The number of hydrogen-bond acceptors (Lipinski definition) is 5. The van der Waals surface area contributed by atoms with Crippen molar-refractivity contribution >= 4 is 16.9 Å². The molecule has 2 aliphatic rings. The van der Waals surface area contributed by atoms with E-state index in [1.54, 1.807) is 0 Å². The predicted octanol–water partition coefficient (Wildman–Crippen LogP) is 2.98. The number of furan rings is 1. The number of rotatable bonds is 3. The lowest BCUT2D eigenvalue weighted by Gasteiger charge is -2.28. The highest BCUT2D eigenvalue weighted by Gasteiger charge is 2.24. The van der Waals surface area contributed by atoms with Crippen LogP contribution >= 0.6 is 0 Å². The SMILES string of the molecule is Cc1oc2ccccc2c1CN1CCc2nc(N3CCCC3)[nH]c(=O)c2C1. The lowest BCUT2D eigenvalue weighted by molar-refractivity contribution is 0.241. The van der Waals surface area contributed by atoms with Crippen molar-refractivity contribution < 1.29 is 4.42 Å². The lowest BCUT2D eigenvalue weighted by atomic mass is 10.0. The molecular weight excluding hydrogens is 340 g/mol. The molecule has 27 heavy (non-hydrogen) atoms. The molecule has 0 amide bonds. The fourth-order valence-corrected chi connectivity index (χ4v) is 4.32. The monoisotopic (exact) mass is 364 g/mol. The molecule has 6 nitrogen and oxygen atoms in total. The van der Waals surface area contributed by atoms with Crippen molar-refractivity contribution in [2.24, 2.45) is 0 Å². The van der Waals surface area contributed by atoms with Crippen LogP contribution in [0.4, 0.5) is 5.95 Å². The molecular formula is C21H24N4O2. The van der Waals surface area contributed by atoms with Crippen LogP contribution in [0.15, 0.2) is 33.5 Å². The second-order valence-electron chi connectivity index (χ2n) is 7.60. The quantitative estimate of drug-likeness (QED) is 0.774. The van der Waals surface area contributed by atoms with Gasteiger partial charge in [0.15, 0.2) is 0 Å². The third-order valence-electron chi connectivity index (χ3n) is 5.82. The van der Waals surface area contributed by atoms with Crippen LogP contribution in [-0.4, -0.2) is 34.5 Å². The normalized spacial score (nSPS) is 17.6. The molecule has 1 saturated heterocycles. The molecule has 0 unspecified atom stereocenters. The summed E-state index contributed by atoms with van der Waals surface area (Å²) in [6, 6.07) is 8.15. The zero-order chi connectivity index (χ0) is 18.4. The fraction of sp³-hybridized carbons (Fsp3) is 0.429. The molecule has 6 heteroatoms. The number of aromatic amines is 1. The van der Waals surface area contributed by atoms with Crippen LogP contribution in [0.25, 0.3) is 11.0 Å². The molecule has 2 aromatic heterocycles. The van der Waals surface area contributed by atoms with Crippen LogP contribution in [0.2, 0.25) is 0 Å². The van der Waals surface area contributed by atoms with E-state index in [0.717, 1.165) is 66.5 Å². The number of anilines is 1. The van der Waals surface area contributed by atoms with Crippen LogP contribution in [0, 0.1) is 6.92 Å². The Bertz CT molecular complexity index is 1050. The van der Waals surface area contributed by atoms with Gasteiger partial charge < -0.3 is 9.32 Å². The van der Waals surface area contributed by atoms with E-state index in [1.807, 2.05) is 25.1 Å². The van der Waals surface area contributed by atoms with E-state index in [9.17, 15) is 4.79 Å². The Balaban J connectivity index is 1.41. The molecule has 0 radical (unpaired) electrons. The van der Waals surface area contributed by atoms with Crippen molar-refractivity contribution in [3.8, 4) is 0 Å². The van der Waals surface area contributed by atoms with Crippen molar-refractivity contribution in [2.75, 3.05) is 24.5 Å². The molecule has 5 rings (SSSR count). The number of nitrogens with zero attached hydrogens (tertiary/aromatic N) is 3. The first-order valence-corrected chi connectivity index (χ1v) is 9.75. The number of hydrogen-bond donors (Lipinski definition) is 1. The van der Waals surface area contributed by atoms with Gasteiger partial charge in [-0.05, 0) is 25.8 Å². The van der Waals surface area contributed by atoms with Gasteiger partial charge in [-0.1, -0.05) is 18.2 Å². The Hall–Kier alpha value is -2.60. The largest absolute Gasteiger partial charge is 0.461 e. The van der Waals surface area contributed by atoms with E-state index in [4.69, 9.17) is 9.40 Å². The second-order valence-corrected chi connectivity index (χ2v) is 7.60. The number of benzene rings is 1. The predicted molar refractivity (Wildman–Crippen MR) is 105 cm³/mol. The zero-order valence-corrected chi connectivity index (χ0v) is 15.6. The first-order chi connectivity index (χ1) is 13.2. The highest BCUT2D eigenvalue weighted by atomic mass is 16.3. The summed E-state index contributed by atoms with van der Waals surface area (Å²) in [5.74, 6) is 1.71. The summed E-state index contributed by atoms with van der Waals surface area (Å²) in [5, 5.41) is 1.16. The third kappa shape index (κ3) is 2.94. The summed E-state index contributed by atoms with van der Waals surface area (Å²) in [5.41, 5.74) is 3.94. The van der Waals surface area contributed by atoms with Crippen molar-refractivity contribution in [1.82, 2.24) is 14.9 Å². The summed E-state index contributed by atoms with van der Waals surface area (Å²) < 4.78 is 5.89. The smallest absolute Gasteiger partial charge is 0.257 e. The fourth-order valence-electron chi connectivity index (χ4n) is 4.32. The molecule has 1 aromatic carbocycles. The second kappa shape index (κ2) is 6.53. The highest BCUT2D eigenvalue weighted by Crippen LogP contribution is 2.28. The minimum Gasteiger partial charge on any atom is -0.461 e. The van der Waals surface area contributed by atoms with Crippen molar-refractivity contribution in [3.63, 3.8) is 0 Å². The summed E-state index contributed by atoms with van der Waals surface area (Å²) in [6.07, 6.45) is 3.16. The molecule has 4 heterocycles. The Morgan fingerprint density at radius 2 is 2.00 bits per heavy atom. The minimum absolute atomic E-state index is 0.0142. The van der Waals surface area contributed by atoms with Crippen LogP contribution in [0.1, 0.15) is 35.4 Å². The van der Waals surface area contributed by atoms with E-state index in [2.05, 4.69) is 20.9 Å². The highest BCUT2D eigenvalue weighted by molar-refractivity contribution is 5.82. The number of para-hydroxylation sites is 1. The number of aryl methyl sites for hydroxylation is 1. The molecule has 0 atom stereocenters. The van der Waals surface area contributed by atoms with Gasteiger partial charge in [-0.25, -0.2) is 4.98 Å². The average molecular weight is 364 g/mol. The van der Waals surface area contributed by atoms with Gasteiger partial charge in [0.25, 0.3) is 5.56 Å². The zero-order valence-electron chi connectivity index (χ0n) is 15.6. The molecule has 1 N–H and O–H groups in total. The molecule has 140 valence electrons. The maximum Gasteiger partial charge on any atom is 0.257 e. The number of H-pyrrole nitrogens is 1. The Morgan fingerprint density at radius 3 is 2.85 bits per heavy atom. The van der Waals surface area contributed by atoms with Gasteiger partial charge in [0, 0.05) is 50.1 Å². The van der Waals surface area contributed by atoms with Crippen LogP contribution < -0.4 is 10.5 Å². The summed E-state index contributed by atoms with van der Waals surface area (Å²) >= 11 is 0. The Morgan fingerprint density at radius 1 is 1.19 bits per heavy atom. The maximum atomic E-state index is 12.7. The molecule has 0 bridgehead atoms. The van der Waals surface area contributed by atoms with Crippen LogP contribution in [0.3, 0.4) is 0 Å². The van der Waals surface area contributed by atoms with E-state index in [-0.39, 0.29) is 5.56 Å². The van der Waals surface area contributed by atoms with Gasteiger partial charge in [0.05, 0.1) is 11.3 Å². The first kappa shape index (κ1) is 16.6. The molecule has 3 aromatic rings. The minimum atomic E-state index is 0.0142. The van der Waals surface area contributed by atoms with Gasteiger partial charge in [0.1, 0.15) is 11.3 Å². The van der Waals surface area contributed by atoms with Crippen molar-refractivity contribution in [2.45, 2.75) is 39.3 Å².